The molecule has 3 heteroatoms. The summed E-state index contributed by atoms with van der Waals surface area (Å²) in [5.41, 5.74) is 7.87. The van der Waals surface area contributed by atoms with Gasteiger partial charge in [0.05, 0.1) is 9.72 Å². The van der Waals surface area contributed by atoms with Gasteiger partial charge in [-0.3, -0.25) is 0 Å². The summed E-state index contributed by atoms with van der Waals surface area (Å²) in [5, 5.41) is 3.96. The first kappa shape index (κ1) is 8.85. The SMILES string of the molecule is CCc1cc(N)c2sccc2c1Cl. The van der Waals surface area contributed by atoms with Crippen LogP contribution in [0.2, 0.25) is 5.02 Å². The Kier molecular flexibility index (Phi) is 2.18. The fourth-order valence-corrected chi connectivity index (χ4v) is 2.69. The van der Waals surface area contributed by atoms with E-state index >= 15 is 0 Å². The van der Waals surface area contributed by atoms with Crippen LogP contribution in [0.15, 0.2) is 17.5 Å². The molecule has 1 heterocycles. The smallest absolute Gasteiger partial charge is 0.0587 e. The first-order valence-electron chi connectivity index (χ1n) is 4.18. The normalized spacial score (nSPS) is 10.9. The average Bonchev–Trinajstić information content (AvgIpc) is 2.60. The molecule has 0 saturated carbocycles. The van der Waals surface area contributed by atoms with E-state index in [-0.39, 0.29) is 0 Å². The number of benzene rings is 1. The number of thiophene rings is 1. The molecule has 1 nitrogen and oxygen atoms in total. The first-order chi connectivity index (χ1) is 6.24. The van der Waals surface area contributed by atoms with Crippen LogP contribution in [-0.2, 0) is 6.42 Å². The maximum Gasteiger partial charge on any atom is 0.0587 e. The summed E-state index contributed by atoms with van der Waals surface area (Å²) in [6, 6.07) is 4.00. The number of hydrogen-bond donors (Lipinski definition) is 1. The Balaban J connectivity index is 2.85. The molecule has 0 fully saturated rings. The zero-order chi connectivity index (χ0) is 9.42. The molecule has 1 aromatic carbocycles. The predicted molar refractivity (Wildman–Crippen MR) is 60.6 cm³/mol. The molecule has 0 saturated heterocycles. The van der Waals surface area contributed by atoms with E-state index in [9.17, 15) is 0 Å². The highest BCUT2D eigenvalue weighted by molar-refractivity contribution is 7.18. The van der Waals surface area contributed by atoms with Crippen molar-refractivity contribution >= 4 is 38.7 Å². The van der Waals surface area contributed by atoms with Gasteiger partial charge in [-0.25, -0.2) is 0 Å². The number of hydrogen-bond acceptors (Lipinski definition) is 2. The van der Waals surface area contributed by atoms with Crippen LogP contribution in [0.5, 0.6) is 0 Å². The summed E-state index contributed by atoms with van der Waals surface area (Å²) in [6.45, 7) is 2.08. The van der Waals surface area contributed by atoms with Gasteiger partial charge in [-0.05, 0) is 29.5 Å². The molecule has 0 amide bonds. The van der Waals surface area contributed by atoms with E-state index in [1.54, 1.807) is 11.3 Å². The number of fused-ring (bicyclic) bond motifs is 1. The zero-order valence-electron chi connectivity index (χ0n) is 7.30. The molecule has 0 aliphatic carbocycles. The maximum atomic E-state index is 6.21. The molecule has 0 atom stereocenters. The second-order valence-corrected chi connectivity index (χ2v) is 4.25. The molecule has 2 aromatic rings. The molecular formula is C10H10ClNS. The minimum Gasteiger partial charge on any atom is -0.398 e. The molecule has 0 bridgehead atoms. The molecule has 0 aliphatic rings. The number of anilines is 1. The zero-order valence-corrected chi connectivity index (χ0v) is 8.88. The summed E-state index contributed by atoms with van der Waals surface area (Å²) in [5.74, 6) is 0. The van der Waals surface area contributed by atoms with Crippen molar-refractivity contribution < 1.29 is 0 Å². The standard InChI is InChI=1S/C10H10ClNS/c1-2-6-5-8(12)10-7(9(6)11)3-4-13-10/h3-5H,2,12H2,1H3. The van der Waals surface area contributed by atoms with Crippen molar-refractivity contribution in [3.05, 3.63) is 28.1 Å². The van der Waals surface area contributed by atoms with Crippen LogP contribution in [0.25, 0.3) is 10.1 Å². The molecular weight excluding hydrogens is 202 g/mol. The molecule has 2 rings (SSSR count). The van der Waals surface area contributed by atoms with E-state index in [2.05, 4.69) is 6.92 Å². The summed E-state index contributed by atoms with van der Waals surface area (Å²) in [4.78, 5) is 0. The van der Waals surface area contributed by atoms with Crippen molar-refractivity contribution in [2.45, 2.75) is 13.3 Å². The molecule has 0 radical (unpaired) electrons. The predicted octanol–water partition coefficient (Wildman–Crippen LogP) is 3.70. The quantitative estimate of drug-likeness (QED) is 0.716. The number of nitrogens with two attached hydrogens (primary N) is 1. The number of nitrogen functional groups attached to an aromatic ring is 1. The van der Waals surface area contributed by atoms with E-state index in [0.29, 0.717) is 0 Å². The van der Waals surface area contributed by atoms with Gasteiger partial charge in [0, 0.05) is 11.1 Å². The lowest BCUT2D eigenvalue weighted by atomic mass is 10.1. The Morgan fingerprint density at radius 2 is 2.31 bits per heavy atom. The maximum absolute atomic E-state index is 6.21. The lowest BCUT2D eigenvalue weighted by molar-refractivity contribution is 1.15. The summed E-state index contributed by atoms with van der Waals surface area (Å²) >= 11 is 7.84. The largest absolute Gasteiger partial charge is 0.398 e. The van der Waals surface area contributed by atoms with Gasteiger partial charge in [0.2, 0.25) is 0 Å². The number of halogens is 1. The fourth-order valence-electron chi connectivity index (χ4n) is 1.45. The van der Waals surface area contributed by atoms with Crippen molar-refractivity contribution in [3.63, 3.8) is 0 Å². The number of rotatable bonds is 1. The summed E-state index contributed by atoms with van der Waals surface area (Å²) in [6.07, 6.45) is 0.925. The van der Waals surface area contributed by atoms with E-state index < -0.39 is 0 Å². The second-order valence-electron chi connectivity index (χ2n) is 2.96. The molecule has 0 spiro atoms. The van der Waals surface area contributed by atoms with Crippen LogP contribution in [0.4, 0.5) is 5.69 Å². The Morgan fingerprint density at radius 1 is 1.54 bits per heavy atom. The highest BCUT2D eigenvalue weighted by atomic mass is 35.5. The van der Waals surface area contributed by atoms with E-state index in [4.69, 9.17) is 17.3 Å². The van der Waals surface area contributed by atoms with E-state index in [0.717, 1.165) is 32.8 Å². The Labute approximate surface area is 86.1 Å². The summed E-state index contributed by atoms with van der Waals surface area (Å²) in [7, 11) is 0. The first-order valence-corrected chi connectivity index (χ1v) is 5.44. The lowest BCUT2D eigenvalue weighted by Crippen LogP contribution is -1.89. The minimum atomic E-state index is 0.839. The van der Waals surface area contributed by atoms with Crippen molar-refractivity contribution in [1.82, 2.24) is 0 Å². The Morgan fingerprint density at radius 3 is 3.00 bits per heavy atom. The third kappa shape index (κ3) is 1.30. The third-order valence-electron chi connectivity index (χ3n) is 2.16. The van der Waals surface area contributed by atoms with Crippen molar-refractivity contribution in [3.8, 4) is 0 Å². The van der Waals surface area contributed by atoms with Crippen LogP contribution in [0.3, 0.4) is 0 Å². The topological polar surface area (TPSA) is 26.0 Å². The van der Waals surface area contributed by atoms with Crippen LogP contribution in [-0.4, -0.2) is 0 Å². The van der Waals surface area contributed by atoms with Gasteiger partial charge >= 0.3 is 0 Å². The summed E-state index contributed by atoms with van der Waals surface area (Å²) < 4.78 is 1.10. The highest BCUT2D eigenvalue weighted by Crippen LogP contribution is 2.35. The van der Waals surface area contributed by atoms with Gasteiger partial charge in [0.1, 0.15) is 0 Å². The van der Waals surface area contributed by atoms with Gasteiger partial charge < -0.3 is 5.73 Å². The van der Waals surface area contributed by atoms with E-state index in [1.807, 2.05) is 17.5 Å². The Bertz CT molecular complexity index is 447. The minimum absolute atomic E-state index is 0.839. The van der Waals surface area contributed by atoms with Gasteiger partial charge in [0.25, 0.3) is 0 Å². The van der Waals surface area contributed by atoms with E-state index in [1.165, 1.54) is 0 Å². The number of aryl methyl sites for hydroxylation is 1. The molecule has 0 aliphatic heterocycles. The van der Waals surface area contributed by atoms with Crippen LogP contribution in [0, 0.1) is 0 Å². The molecule has 13 heavy (non-hydrogen) atoms. The van der Waals surface area contributed by atoms with Gasteiger partial charge in [0.15, 0.2) is 0 Å². The average molecular weight is 212 g/mol. The van der Waals surface area contributed by atoms with Crippen LogP contribution in [0.1, 0.15) is 12.5 Å². The van der Waals surface area contributed by atoms with Crippen molar-refractivity contribution in [2.24, 2.45) is 0 Å². The molecule has 0 unspecified atom stereocenters. The highest BCUT2D eigenvalue weighted by Gasteiger charge is 2.08. The van der Waals surface area contributed by atoms with Gasteiger partial charge in [-0.1, -0.05) is 18.5 Å². The molecule has 1 aromatic heterocycles. The monoisotopic (exact) mass is 211 g/mol. The van der Waals surface area contributed by atoms with Gasteiger partial charge in [-0.15, -0.1) is 11.3 Å². The lowest BCUT2D eigenvalue weighted by Gasteiger charge is -2.04. The van der Waals surface area contributed by atoms with Crippen molar-refractivity contribution in [2.75, 3.05) is 5.73 Å². The van der Waals surface area contributed by atoms with Crippen LogP contribution < -0.4 is 5.73 Å². The van der Waals surface area contributed by atoms with Gasteiger partial charge in [-0.2, -0.15) is 0 Å². The molecule has 68 valence electrons. The third-order valence-corrected chi connectivity index (χ3v) is 3.57. The fraction of sp³-hybridized carbons (Fsp3) is 0.200. The Hall–Kier alpha value is -0.730. The second kappa shape index (κ2) is 3.20. The van der Waals surface area contributed by atoms with Crippen molar-refractivity contribution in [1.29, 1.82) is 0 Å². The molecule has 2 N–H and O–H groups in total. The van der Waals surface area contributed by atoms with Crippen LogP contribution >= 0.6 is 22.9 Å².